The highest BCUT2D eigenvalue weighted by Crippen LogP contribution is 2.77. The Balaban J connectivity index is 3.06. The zero-order chi connectivity index (χ0) is 19.9. The minimum absolute atomic E-state index is 0.125. The van der Waals surface area contributed by atoms with Crippen molar-refractivity contribution < 1.29 is 58.3 Å². The Morgan fingerprint density at radius 2 is 1.12 bits per heavy atom. The van der Waals surface area contributed by atoms with Gasteiger partial charge in [0, 0.05) is 0 Å². The molecule has 0 radical (unpaired) electrons. The molecular formula is C9H22O13P4. The molecule has 1 fully saturated rings. The van der Waals surface area contributed by atoms with Crippen molar-refractivity contribution in [3.05, 3.63) is 0 Å². The second-order valence-corrected chi connectivity index (χ2v) is 11.2. The van der Waals surface area contributed by atoms with Gasteiger partial charge in [0.15, 0.2) is 6.79 Å². The summed E-state index contributed by atoms with van der Waals surface area (Å²) in [5.74, 6) is 0. The molecule has 0 saturated carbocycles. The van der Waals surface area contributed by atoms with Crippen LogP contribution in [0.15, 0.2) is 0 Å². The predicted octanol–water partition coefficient (Wildman–Crippen LogP) is 4.62. The Hall–Kier alpha value is 0.560. The van der Waals surface area contributed by atoms with Crippen molar-refractivity contribution in [1.82, 2.24) is 0 Å². The quantitative estimate of drug-likeness (QED) is 0.330. The molecular weight excluding hydrogens is 440 g/mol. The molecule has 156 valence electrons. The molecule has 1 heterocycles. The van der Waals surface area contributed by atoms with Crippen LogP contribution in [0, 0.1) is 0 Å². The molecule has 26 heavy (non-hydrogen) atoms. The van der Waals surface area contributed by atoms with Gasteiger partial charge in [-0.1, -0.05) is 0 Å². The van der Waals surface area contributed by atoms with Gasteiger partial charge < -0.3 is 0 Å². The van der Waals surface area contributed by atoms with E-state index in [0.717, 1.165) is 0 Å². The zero-order valence-electron chi connectivity index (χ0n) is 14.6. The largest absolute Gasteiger partial charge is 0.492 e. The van der Waals surface area contributed by atoms with Crippen molar-refractivity contribution in [2.45, 2.75) is 27.7 Å². The van der Waals surface area contributed by atoms with Gasteiger partial charge >= 0.3 is 31.3 Å². The van der Waals surface area contributed by atoms with Crippen molar-refractivity contribution in [2.75, 3.05) is 33.2 Å². The molecule has 0 bridgehead atoms. The summed E-state index contributed by atoms with van der Waals surface area (Å²) in [4.78, 5) is 0. The van der Waals surface area contributed by atoms with Crippen LogP contribution in [-0.2, 0) is 58.3 Å². The number of phosphoric ester groups is 2. The molecule has 1 aliphatic heterocycles. The lowest BCUT2D eigenvalue weighted by atomic mass is 10.9. The molecule has 17 heteroatoms. The molecule has 1 aliphatic rings. The van der Waals surface area contributed by atoms with E-state index in [4.69, 9.17) is 26.7 Å². The molecule has 13 nitrogen and oxygen atoms in total. The molecule has 2 unspecified atom stereocenters. The van der Waals surface area contributed by atoms with Crippen LogP contribution in [0.2, 0.25) is 0 Å². The van der Waals surface area contributed by atoms with Crippen LogP contribution >= 0.6 is 31.3 Å². The first-order valence-electron chi connectivity index (χ1n) is 7.48. The van der Waals surface area contributed by atoms with Gasteiger partial charge in [0.05, 0.1) is 26.4 Å². The first kappa shape index (κ1) is 24.6. The van der Waals surface area contributed by atoms with Gasteiger partial charge in [-0.15, -0.1) is 0 Å². The van der Waals surface area contributed by atoms with Crippen molar-refractivity contribution in [3.63, 3.8) is 0 Å². The summed E-state index contributed by atoms with van der Waals surface area (Å²) in [6.45, 7) is 4.60. The molecule has 0 spiro atoms. The number of hydrogen-bond donors (Lipinski definition) is 0. The maximum absolute atomic E-state index is 12.8. The van der Waals surface area contributed by atoms with E-state index in [9.17, 15) is 18.3 Å². The minimum atomic E-state index is -4.88. The third kappa shape index (κ3) is 7.53. The summed E-state index contributed by atoms with van der Waals surface area (Å²) >= 11 is 0. The predicted molar refractivity (Wildman–Crippen MR) is 87.2 cm³/mol. The van der Waals surface area contributed by atoms with Crippen molar-refractivity contribution in [2.24, 2.45) is 0 Å². The van der Waals surface area contributed by atoms with Gasteiger partial charge in [-0.3, -0.25) is 27.1 Å². The lowest BCUT2D eigenvalue weighted by Crippen LogP contribution is -2.13. The summed E-state index contributed by atoms with van der Waals surface area (Å²) < 4.78 is 91.9. The lowest BCUT2D eigenvalue weighted by Gasteiger charge is -2.29. The molecule has 2 atom stereocenters. The SMILES string of the molecule is CCOP(=O)(OCC)OP(=O)(OCC)OP(=O)(OCC)OP1(=O)OCO1. The Kier molecular flexibility index (Phi) is 9.81. The lowest BCUT2D eigenvalue weighted by molar-refractivity contribution is -0.0271. The molecule has 0 aromatic heterocycles. The molecule has 0 amide bonds. The van der Waals surface area contributed by atoms with Gasteiger partial charge in [-0.05, 0) is 27.7 Å². The van der Waals surface area contributed by atoms with Crippen LogP contribution < -0.4 is 0 Å². The van der Waals surface area contributed by atoms with Crippen LogP contribution in [0.5, 0.6) is 0 Å². The van der Waals surface area contributed by atoms with Crippen LogP contribution in [0.25, 0.3) is 0 Å². The van der Waals surface area contributed by atoms with E-state index in [-0.39, 0.29) is 33.2 Å². The molecule has 0 aliphatic carbocycles. The number of phosphoric acid groups is 4. The highest BCUT2D eigenvalue weighted by Gasteiger charge is 2.52. The topological polar surface area (TPSA) is 151 Å². The van der Waals surface area contributed by atoms with Crippen LogP contribution in [0.3, 0.4) is 0 Å². The van der Waals surface area contributed by atoms with E-state index < -0.39 is 31.3 Å². The second kappa shape index (κ2) is 10.4. The highest BCUT2D eigenvalue weighted by atomic mass is 31.3. The first-order valence-corrected chi connectivity index (χ1v) is 13.3. The number of rotatable bonds is 14. The average molecular weight is 462 g/mol. The zero-order valence-corrected chi connectivity index (χ0v) is 18.2. The minimum Gasteiger partial charge on any atom is -0.287 e. The van der Waals surface area contributed by atoms with Crippen molar-refractivity contribution in [1.29, 1.82) is 0 Å². The van der Waals surface area contributed by atoms with Gasteiger partial charge in [0.25, 0.3) is 0 Å². The van der Waals surface area contributed by atoms with Gasteiger partial charge in [0.2, 0.25) is 0 Å². The summed E-state index contributed by atoms with van der Waals surface area (Å²) in [6.07, 6.45) is 0. The van der Waals surface area contributed by atoms with E-state index in [1.54, 1.807) is 0 Å². The summed E-state index contributed by atoms with van der Waals surface area (Å²) in [6, 6.07) is 0. The Labute approximate surface area is 151 Å². The Morgan fingerprint density at radius 3 is 1.50 bits per heavy atom. The Bertz CT molecular complexity index is 617. The van der Waals surface area contributed by atoms with Gasteiger partial charge in [0.1, 0.15) is 0 Å². The number of hydrogen-bond acceptors (Lipinski definition) is 13. The van der Waals surface area contributed by atoms with Gasteiger partial charge in [-0.2, -0.15) is 12.9 Å². The molecule has 1 saturated heterocycles. The molecule has 0 aromatic rings. The van der Waals surface area contributed by atoms with Crippen molar-refractivity contribution >= 4 is 31.3 Å². The van der Waals surface area contributed by atoms with E-state index in [2.05, 4.69) is 13.4 Å². The standard InChI is InChI=1S/C9H22O13P4/c1-5-14-23(10,15-6-2)20-25(12,16-7-3)22-26(13,17-8-4)21-24(11)18-9-19-24/h5-9H2,1-4H3. The smallest absolute Gasteiger partial charge is 0.287 e. The Morgan fingerprint density at radius 1 is 0.731 bits per heavy atom. The fourth-order valence-electron chi connectivity index (χ4n) is 1.39. The van der Waals surface area contributed by atoms with E-state index >= 15 is 0 Å². The van der Waals surface area contributed by atoms with Crippen LogP contribution in [0.1, 0.15) is 27.7 Å². The summed E-state index contributed by atoms with van der Waals surface area (Å²) in [5.41, 5.74) is 0. The van der Waals surface area contributed by atoms with Crippen molar-refractivity contribution in [3.8, 4) is 0 Å². The highest BCUT2D eigenvalue weighted by molar-refractivity contribution is 7.70. The fraction of sp³-hybridized carbons (Fsp3) is 1.00. The fourth-order valence-corrected chi connectivity index (χ4v) is 8.23. The molecule has 1 rings (SSSR count). The third-order valence-corrected chi connectivity index (χ3v) is 10.1. The molecule has 0 N–H and O–H groups in total. The first-order chi connectivity index (χ1) is 12.1. The second-order valence-electron chi connectivity index (χ2n) is 4.08. The molecule has 0 aromatic carbocycles. The maximum Gasteiger partial charge on any atom is 0.492 e. The summed E-state index contributed by atoms with van der Waals surface area (Å²) in [7, 11) is -18.3. The van der Waals surface area contributed by atoms with Gasteiger partial charge in [-0.25, -0.2) is 18.3 Å². The maximum atomic E-state index is 12.8. The average Bonchev–Trinajstić information content (AvgIpc) is 2.45. The normalized spacial score (nSPS) is 21.5. The van der Waals surface area contributed by atoms with Crippen LogP contribution in [0.4, 0.5) is 0 Å². The van der Waals surface area contributed by atoms with E-state index in [1.165, 1.54) is 27.7 Å². The van der Waals surface area contributed by atoms with E-state index in [0.29, 0.717) is 0 Å². The third-order valence-electron chi connectivity index (χ3n) is 2.17. The monoisotopic (exact) mass is 462 g/mol. The summed E-state index contributed by atoms with van der Waals surface area (Å²) in [5, 5.41) is 0. The van der Waals surface area contributed by atoms with Crippen LogP contribution in [-0.4, -0.2) is 33.2 Å². The van der Waals surface area contributed by atoms with E-state index in [1.807, 2.05) is 0 Å².